The molecule has 19 heavy (non-hydrogen) atoms. The van der Waals surface area contributed by atoms with Crippen LogP contribution < -0.4 is 5.73 Å². The number of aromatic nitrogens is 3. The summed E-state index contributed by atoms with van der Waals surface area (Å²) in [5, 5.41) is 0. The minimum absolute atomic E-state index is 0.251. The molecule has 1 unspecified atom stereocenters. The molecular formula is C15H16N4. The molecule has 3 aromatic rings. The molecule has 2 N–H and O–H groups in total. The standard InChI is InChI=1S/C15H16N4/c1-11(10-16)15-14(12-5-7-17-8-6-12)18-13-4-2-3-9-19(13)15/h2-9,11H,10,16H2,1H3. The molecule has 0 fully saturated rings. The number of pyridine rings is 2. The van der Waals surface area contributed by atoms with Crippen LogP contribution in [-0.4, -0.2) is 20.9 Å². The van der Waals surface area contributed by atoms with Gasteiger partial charge in [-0.25, -0.2) is 4.98 Å². The molecule has 3 aromatic heterocycles. The van der Waals surface area contributed by atoms with Gasteiger partial charge in [-0.15, -0.1) is 0 Å². The van der Waals surface area contributed by atoms with E-state index in [4.69, 9.17) is 10.7 Å². The highest BCUT2D eigenvalue weighted by atomic mass is 15.0. The second-order valence-electron chi connectivity index (χ2n) is 4.65. The molecule has 3 rings (SSSR count). The Hall–Kier alpha value is -2.20. The van der Waals surface area contributed by atoms with Crippen molar-refractivity contribution in [3.05, 3.63) is 54.6 Å². The number of rotatable bonds is 3. The molecule has 0 saturated heterocycles. The second-order valence-corrected chi connectivity index (χ2v) is 4.65. The van der Waals surface area contributed by atoms with Crippen LogP contribution in [0.3, 0.4) is 0 Å². The van der Waals surface area contributed by atoms with E-state index in [0.29, 0.717) is 6.54 Å². The molecule has 4 heteroatoms. The minimum atomic E-state index is 0.251. The van der Waals surface area contributed by atoms with E-state index in [1.807, 2.05) is 36.5 Å². The second kappa shape index (κ2) is 4.82. The summed E-state index contributed by atoms with van der Waals surface area (Å²) >= 11 is 0. The maximum absolute atomic E-state index is 5.85. The zero-order chi connectivity index (χ0) is 13.2. The van der Waals surface area contributed by atoms with E-state index in [-0.39, 0.29) is 5.92 Å². The summed E-state index contributed by atoms with van der Waals surface area (Å²) in [7, 11) is 0. The van der Waals surface area contributed by atoms with Crippen molar-refractivity contribution in [1.29, 1.82) is 0 Å². The minimum Gasteiger partial charge on any atom is -0.330 e. The first-order valence-electron chi connectivity index (χ1n) is 6.38. The van der Waals surface area contributed by atoms with E-state index >= 15 is 0 Å². The molecule has 3 heterocycles. The van der Waals surface area contributed by atoms with E-state index in [1.54, 1.807) is 12.4 Å². The molecule has 0 amide bonds. The number of nitrogens with two attached hydrogens (primary N) is 1. The molecule has 0 aliphatic rings. The van der Waals surface area contributed by atoms with E-state index < -0.39 is 0 Å². The van der Waals surface area contributed by atoms with Crippen molar-refractivity contribution in [3.63, 3.8) is 0 Å². The third-order valence-electron chi connectivity index (χ3n) is 3.34. The van der Waals surface area contributed by atoms with Crippen LogP contribution in [0.2, 0.25) is 0 Å². The third kappa shape index (κ3) is 2.00. The lowest BCUT2D eigenvalue weighted by Gasteiger charge is -2.11. The Labute approximate surface area is 111 Å². The topological polar surface area (TPSA) is 56.2 Å². The summed E-state index contributed by atoms with van der Waals surface area (Å²) in [6.07, 6.45) is 5.61. The van der Waals surface area contributed by atoms with Crippen molar-refractivity contribution in [1.82, 2.24) is 14.4 Å². The van der Waals surface area contributed by atoms with Crippen LogP contribution in [0.1, 0.15) is 18.5 Å². The number of hydrogen-bond donors (Lipinski definition) is 1. The van der Waals surface area contributed by atoms with Crippen LogP contribution >= 0.6 is 0 Å². The smallest absolute Gasteiger partial charge is 0.137 e. The molecule has 0 aliphatic heterocycles. The molecule has 0 aromatic carbocycles. The lowest BCUT2D eigenvalue weighted by Crippen LogP contribution is -2.12. The molecule has 0 radical (unpaired) electrons. The highest BCUT2D eigenvalue weighted by Crippen LogP contribution is 2.29. The number of fused-ring (bicyclic) bond motifs is 1. The van der Waals surface area contributed by atoms with Gasteiger partial charge >= 0.3 is 0 Å². The summed E-state index contributed by atoms with van der Waals surface area (Å²) < 4.78 is 2.12. The van der Waals surface area contributed by atoms with Gasteiger partial charge in [-0.1, -0.05) is 13.0 Å². The van der Waals surface area contributed by atoms with E-state index in [0.717, 1.165) is 22.6 Å². The summed E-state index contributed by atoms with van der Waals surface area (Å²) in [5.41, 5.74) is 10.0. The lowest BCUT2D eigenvalue weighted by atomic mass is 10.0. The molecule has 0 saturated carbocycles. The van der Waals surface area contributed by atoms with Crippen molar-refractivity contribution < 1.29 is 0 Å². The van der Waals surface area contributed by atoms with Crippen molar-refractivity contribution in [2.75, 3.05) is 6.54 Å². The van der Waals surface area contributed by atoms with Gasteiger partial charge < -0.3 is 10.1 Å². The van der Waals surface area contributed by atoms with E-state index in [9.17, 15) is 0 Å². The molecule has 0 bridgehead atoms. The van der Waals surface area contributed by atoms with Gasteiger partial charge in [0.15, 0.2) is 0 Å². The summed E-state index contributed by atoms with van der Waals surface area (Å²) in [5.74, 6) is 0.251. The van der Waals surface area contributed by atoms with E-state index in [1.165, 1.54) is 0 Å². The quantitative estimate of drug-likeness (QED) is 0.779. The van der Waals surface area contributed by atoms with Gasteiger partial charge in [0, 0.05) is 36.6 Å². The first kappa shape index (κ1) is 11.9. The Balaban J connectivity index is 2.29. The fraction of sp³-hybridized carbons (Fsp3) is 0.200. The van der Waals surface area contributed by atoms with Gasteiger partial charge in [-0.3, -0.25) is 4.98 Å². The zero-order valence-electron chi connectivity index (χ0n) is 10.8. The van der Waals surface area contributed by atoms with E-state index in [2.05, 4.69) is 16.3 Å². The van der Waals surface area contributed by atoms with Gasteiger partial charge in [-0.2, -0.15) is 0 Å². The molecule has 96 valence electrons. The summed E-state index contributed by atoms with van der Waals surface area (Å²) in [4.78, 5) is 8.79. The number of imidazole rings is 1. The molecule has 0 aliphatic carbocycles. The first-order valence-corrected chi connectivity index (χ1v) is 6.38. The third-order valence-corrected chi connectivity index (χ3v) is 3.34. The normalized spacial score (nSPS) is 12.7. The van der Waals surface area contributed by atoms with Gasteiger partial charge in [-0.05, 0) is 24.3 Å². The zero-order valence-corrected chi connectivity index (χ0v) is 10.8. The Kier molecular flexibility index (Phi) is 3.01. The average molecular weight is 252 g/mol. The maximum Gasteiger partial charge on any atom is 0.137 e. The van der Waals surface area contributed by atoms with Crippen molar-refractivity contribution in [2.45, 2.75) is 12.8 Å². The van der Waals surface area contributed by atoms with Crippen LogP contribution in [0.5, 0.6) is 0 Å². The van der Waals surface area contributed by atoms with Crippen LogP contribution in [0.4, 0.5) is 0 Å². The maximum atomic E-state index is 5.85. The molecule has 0 spiro atoms. The SMILES string of the molecule is CC(CN)c1c(-c2ccncc2)nc2ccccn12. The Bertz CT molecular complexity index is 688. The lowest BCUT2D eigenvalue weighted by molar-refractivity contribution is 0.738. The Morgan fingerprint density at radius 3 is 2.74 bits per heavy atom. The predicted molar refractivity (Wildman–Crippen MR) is 75.9 cm³/mol. The van der Waals surface area contributed by atoms with Crippen LogP contribution in [0.15, 0.2) is 48.9 Å². The van der Waals surface area contributed by atoms with Crippen LogP contribution in [-0.2, 0) is 0 Å². The number of hydrogen-bond acceptors (Lipinski definition) is 3. The van der Waals surface area contributed by atoms with Crippen LogP contribution in [0.25, 0.3) is 16.9 Å². The van der Waals surface area contributed by atoms with Crippen LogP contribution in [0, 0.1) is 0 Å². The fourth-order valence-electron chi connectivity index (χ4n) is 2.32. The van der Waals surface area contributed by atoms with Crippen molar-refractivity contribution in [2.24, 2.45) is 5.73 Å². The molecule has 1 atom stereocenters. The first-order chi connectivity index (χ1) is 9.31. The summed E-state index contributed by atoms with van der Waals surface area (Å²) in [6, 6.07) is 9.98. The monoisotopic (exact) mass is 252 g/mol. The molecular weight excluding hydrogens is 236 g/mol. The van der Waals surface area contributed by atoms with Gasteiger partial charge in [0.05, 0.1) is 11.4 Å². The molecule has 4 nitrogen and oxygen atoms in total. The highest BCUT2D eigenvalue weighted by Gasteiger charge is 2.17. The summed E-state index contributed by atoms with van der Waals surface area (Å²) in [6.45, 7) is 2.72. The van der Waals surface area contributed by atoms with Crippen molar-refractivity contribution >= 4 is 5.65 Å². The Morgan fingerprint density at radius 2 is 2.00 bits per heavy atom. The predicted octanol–water partition coefficient (Wildman–Crippen LogP) is 2.46. The highest BCUT2D eigenvalue weighted by molar-refractivity contribution is 5.66. The van der Waals surface area contributed by atoms with Gasteiger partial charge in [0.25, 0.3) is 0 Å². The number of nitrogens with zero attached hydrogens (tertiary/aromatic N) is 3. The van der Waals surface area contributed by atoms with Gasteiger partial charge in [0.1, 0.15) is 5.65 Å². The van der Waals surface area contributed by atoms with Crippen molar-refractivity contribution in [3.8, 4) is 11.3 Å². The fourth-order valence-corrected chi connectivity index (χ4v) is 2.32. The Morgan fingerprint density at radius 1 is 1.21 bits per heavy atom. The van der Waals surface area contributed by atoms with Gasteiger partial charge in [0.2, 0.25) is 0 Å². The largest absolute Gasteiger partial charge is 0.330 e. The average Bonchev–Trinajstić information content (AvgIpc) is 2.87.